The minimum atomic E-state index is -0.141. The fraction of sp³-hybridized carbons (Fsp3) is 0.286. The summed E-state index contributed by atoms with van der Waals surface area (Å²) in [5.41, 5.74) is 2.65. The Labute approximate surface area is 105 Å². The lowest BCUT2D eigenvalue weighted by molar-refractivity contribution is 0.625. The van der Waals surface area contributed by atoms with Crippen LogP contribution in [-0.2, 0) is 6.54 Å². The smallest absolute Gasteiger partial charge is 0.131 e. The number of nitrogens with one attached hydrogen (secondary N) is 1. The highest BCUT2D eigenvalue weighted by Gasteiger charge is 2.07. The highest BCUT2D eigenvalue weighted by molar-refractivity contribution is 7.10. The fourth-order valence-corrected chi connectivity index (χ4v) is 2.46. The molecule has 2 rings (SSSR count). The zero-order valence-corrected chi connectivity index (χ0v) is 10.9. The van der Waals surface area contributed by atoms with Gasteiger partial charge < -0.3 is 5.32 Å². The van der Waals surface area contributed by atoms with E-state index in [0.29, 0.717) is 5.56 Å². The highest BCUT2D eigenvalue weighted by atomic mass is 32.1. The van der Waals surface area contributed by atoms with E-state index in [9.17, 15) is 4.39 Å². The van der Waals surface area contributed by atoms with Gasteiger partial charge in [0.2, 0.25) is 0 Å². The standard InChI is InChI=1S/C14H16FNS/c1-3-16-8-11-4-5-13(14(15)7-11)12-6-10(2)17-9-12/h4-7,9,16H,3,8H2,1-2H3. The third kappa shape index (κ3) is 2.93. The maximum absolute atomic E-state index is 13.9. The number of hydrogen-bond acceptors (Lipinski definition) is 2. The summed E-state index contributed by atoms with van der Waals surface area (Å²) in [4.78, 5) is 1.20. The van der Waals surface area contributed by atoms with Crippen molar-refractivity contribution in [1.29, 1.82) is 0 Å². The zero-order valence-electron chi connectivity index (χ0n) is 10.1. The second-order valence-electron chi connectivity index (χ2n) is 4.04. The summed E-state index contributed by atoms with van der Waals surface area (Å²) in [7, 11) is 0. The van der Waals surface area contributed by atoms with Gasteiger partial charge in [-0.2, -0.15) is 0 Å². The van der Waals surface area contributed by atoms with Crippen LogP contribution in [-0.4, -0.2) is 6.54 Å². The molecular weight excluding hydrogens is 233 g/mol. The lowest BCUT2D eigenvalue weighted by Crippen LogP contribution is -2.11. The number of halogens is 1. The first kappa shape index (κ1) is 12.3. The van der Waals surface area contributed by atoms with E-state index in [-0.39, 0.29) is 5.82 Å². The molecule has 0 aliphatic rings. The number of hydrogen-bond donors (Lipinski definition) is 1. The molecule has 0 fully saturated rings. The molecule has 0 aliphatic heterocycles. The summed E-state index contributed by atoms with van der Waals surface area (Å²) in [6.45, 7) is 5.69. The van der Waals surface area contributed by atoms with Crippen molar-refractivity contribution in [3.05, 3.63) is 45.9 Å². The second-order valence-corrected chi connectivity index (χ2v) is 5.16. The van der Waals surface area contributed by atoms with Crippen molar-refractivity contribution in [2.24, 2.45) is 0 Å². The van der Waals surface area contributed by atoms with E-state index in [1.165, 1.54) is 4.88 Å². The Kier molecular flexibility index (Phi) is 3.92. The summed E-state index contributed by atoms with van der Waals surface area (Å²) in [6, 6.07) is 7.48. The summed E-state index contributed by atoms with van der Waals surface area (Å²) < 4.78 is 13.9. The van der Waals surface area contributed by atoms with Gasteiger partial charge >= 0.3 is 0 Å². The third-order valence-corrected chi connectivity index (χ3v) is 3.52. The van der Waals surface area contributed by atoms with Gasteiger partial charge in [0.25, 0.3) is 0 Å². The molecule has 1 N–H and O–H groups in total. The van der Waals surface area contributed by atoms with Gasteiger partial charge in [-0.1, -0.05) is 19.1 Å². The van der Waals surface area contributed by atoms with Gasteiger partial charge in [-0.25, -0.2) is 4.39 Å². The van der Waals surface area contributed by atoms with Gasteiger partial charge in [0.05, 0.1) is 0 Å². The second kappa shape index (κ2) is 5.43. The van der Waals surface area contributed by atoms with Crippen LogP contribution in [0.15, 0.2) is 29.6 Å². The Morgan fingerprint density at radius 3 is 2.71 bits per heavy atom. The molecular formula is C14H16FNS. The number of thiophene rings is 1. The first-order valence-corrected chi connectivity index (χ1v) is 6.63. The molecule has 0 atom stereocenters. The van der Waals surface area contributed by atoms with Crippen LogP contribution in [0.25, 0.3) is 11.1 Å². The van der Waals surface area contributed by atoms with Gasteiger partial charge in [-0.3, -0.25) is 0 Å². The van der Waals surface area contributed by atoms with E-state index >= 15 is 0 Å². The van der Waals surface area contributed by atoms with E-state index in [1.807, 2.05) is 37.4 Å². The minimum Gasteiger partial charge on any atom is -0.313 e. The normalized spacial score (nSPS) is 10.8. The van der Waals surface area contributed by atoms with Crippen LogP contribution in [0.4, 0.5) is 4.39 Å². The Morgan fingerprint density at radius 1 is 1.29 bits per heavy atom. The molecule has 17 heavy (non-hydrogen) atoms. The van der Waals surface area contributed by atoms with Crippen molar-refractivity contribution in [2.45, 2.75) is 20.4 Å². The SMILES string of the molecule is CCNCc1ccc(-c2csc(C)c2)c(F)c1. The topological polar surface area (TPSA) is 12.0 Å². The van der Waals surface area contributed by atoms with E-state index in [1.54, 1.807) is 17.4 Å². The number of benzene rings is 1. The average Bonchev–Trinajstić information content (AvgIpc) is 2.73. The third-order valence-electron chi connectivity index (χ3n) is 2.65. The quantitative estimate of drug-likeness (QED) is 0.864. The molecule has 1 aromatic carbocycles. The van der Waals surface area contributed by atoms with Crippen LogP contribution in [0.1, 0.15) is 17.4 Å². The summed E-state index contributed by atoms with van der Waals surface area (Å²) >= 11 is 1.65. The van der Waals surface area contributed by atoms with Crippen molar-refractivity contribution < 1.29 is 4.39 Å². The largest absolute Gasteiger partial charge is 0.313 e. The Morgan fingerprint density at radius 2 is 2.12 bits per heavy atom. The monoisotopic (exact) mass is 249 g/mol. The molecule has 0 spiro atoms. The Bertz CT molecular complexity index is 505. The van der Waals surface area contributed by atoms with Crippen molar-refractivity contribution in [3.63, 3.8) is 0 Å². The van der Waals surface area contributed by atoms with E-state index in [4.69, 9.17) is 0 Å². The molecule has 90 valence electrons. The highest BCUT2D eigenvalue weighted by Crippen LogP contribution is 2.27. The minimum absolute atomic E-state index is 0.141. The van der Waals surface area contributed by atoms with Gasteiger partial charge in [-0.05, 0) is 42.1 Å². The van der Waals surface area contributed by atoms with Crippen LogP contribution in [0.3, 0.4) is 0 Å². The molecule has 3 heteroatoms. The first-order valence-electron chi connectivity index (χ1n) is 5.75. The maximum atomic E-state index is 13.9. The Balaban J connectivity index is 2.25. The molecule has 0 bridgehead atoms. The van der Waals surface area contributed by atoms with Crippen LogP contribution >= 0.6 is 11.3 Å². The van der Waals surface area contributed by atoms with Crippen molar-refractivity contribution in [1.82, 2.24) is 5.32 Å². The molecule has 0 unspecified atom stereocenters. The fourth-order valence-electron chi connectivity index (χ4n) is 1.76. The predicted molar refractivity (Wildman–Crippen MR) is 71.8 cm³/mol. The predicted octanol–water partition coefficient (Wildman–Crippen LogP) is 3.97. The van der Waals surface area contributed by atoms with Gasteiger partial charge in [0, 0.05) is 17.0 Å². The van der Waals surface area contributed by atoms with Crippen LogP contribution in [0.5, 0.6) is 0 Å². The molecule has 0 saturated carbocycles. The molecule has 0 amide bonds. The molecule has 0 radical (unpaired) electrons. The molecule has 0 aliphatic carbocycles. The van der Waals surface area contributed by atoms with E-state index in [2.05, 4.69) is 5.32 Å². The molecule has 2 aromatic rings. The summed E-state index contributed by atoms with van der Waals surface area (Å²) in [6.07, 6.45) is 0. The van der Waals surface area contributed by atoms with Crippen LogP contribution < -0.4 is 5.32 Å². The van der Waals surface area contributed by atoms with Crippen LogP contribution in [0, 0.1) is 12.7 Å². The van der Waals surface area contributed by atoms with E-state index in [0.717, 1.165) is 24.2 Å². The van der Waals surface area contributed by atoms with Gasteiger partial charge in [-0.15, -0.1) is 11.3 Å². The number of aryl methyl sites for hydroxylation is 1. The van der Waals surface area contributed by atoms with E-state index < -0.39 is 0 Å². The lowest BCUT2D eigenvalue weighted by atomic mass is 10.1. The maximum Gasteiger partial charge on any atom is 0.131 e. The molecule has 0 saturated heterocycles. The van der Waals surface area contributed by atoms with Gasteiger partial charge in [0.1, 0.15) is 5.82 Å². The average molecular weight is 249 g/mol. The Hall–Kier alpha value is -1.19. The number of rotatable bonds is 4. The van der Waals surface area contributed by atoms with Crippen molar-refractivity contribution in [2.75, 3.05) is 6.54 Å². The molecule has 1 nitrogen and oxygen atoms in total. The van der Waals surface area contributed by atoms with Crippen molar-refractivity contribution in [3.8, 4) is 11.1 Å². The van der Waals surface area contributed by atoms with Crippen molar-refractivity contribution >= 4 is 11.3 Å². The first-order chi connectivity index (χ1) is 8.20. The lowest BCUT2D eigenvalue weighted by Gasteiger charge is -2.05. The zero-order chi connectivity index (χ0) is 12.3. The van der Waals surface area contributed by atoms with Crippen LogP contribution in [0.2, 0.25) is 0 Å². The molecule has 1 heterocycles. The van der Waals surface area contributed by atoms with Gasteiger partial charge in [0.15, 0.2) is 0 Å². The molecule has 1 aromatic heterocycles. The summed E-state index contributed by atoms with van der Waals surface area (Å²) in [5.74, 6) is -0.141. The summed E-state index contributed by atoms with van der Waals surface area (Å²) in [5, 5.41) is 5.19.